The van der Waals surface area contributed by atoms with Gasteiger partial charge >= 0.3 is 5.97 Å². The van der Waals surface area contributed by atoms with Crippen molar-refractivity contribution in [1.29, 1.82) is 0 Å². The topological polar surface area (TPSA) is 63.2 Å². The number of rotatable bonds is 13. The maximum atomic E-state index is 11.2. The van der Waals surface area contributed by atoms with E-state index in [0.717, 1.165) is 28.0 Å². The number of benzene rings is 3. The molecule has 0 aliphatic carbocycles. The predicted molar refractivity (Wildman–Crippen MR) is 123 cm³/mol. The molecule has 0 saturated heterocycles. The van der Waals surface area contributed by atoms with Gasteiger partial charge in [0.1, 0.15) is 30.5 Å². The summed E-state index contributed by atoms with van der Waals surface area (Å²) < 4.78 is 27.4. The van der Waals surface area contributed by atoms with Gasteiger partial charge in [0.25, 0.3) is 0 Å². The van der Waals surface area contributed by atoms with E-state index in [0.29, 0.717) is 38.6 Å². The highest BCUT2D eigenvalue weighted by atomic mass is 16.6. The zero-order chi connectivity index (χ0) is 22.6. The second-order valence-corrected chi connectivity index (χ2v) is 7.08. The molecule has 3 aromatic rings. The number of carbonyl (C=O) groups excluding carboxylic acids is 1. The second kappa shape index (κ2) is 12.5. The fraction of sp³-hybridized carbons (Fsp3) is 0.269. The van der Waals surface area contributed by atoms with Crippen LogP contribution in [-0.2, 0) is 19.0 Å². The summed E-state index contributed by atoms with van der Waals surface area (Å²) in [7, 11) is 0. The zero-order valence-electron chi connectivity index (χ0n) is 18.3. The van der Waals surface area contributed by atoms with Gasteiger partial charge in [0.15, 0.2) is 0 Å². The lowest BCUT2D eigenvalue weighted by Gasteiger charge is -2.10. The first-order chi connectivity index (χ1) is 15.6. The van der Waals surface area contributed by atoms with Crippen LogP contribution >= 0.6 is 0 Å². The molecule has 0 radical (unpaired) electrons. The maximum Gasteiger partial charge on any atom is 0.333 e. The fourth-order valence-corrected chi connectivity index (χ4v) is 2.84. The van der Waals surface area contributed by atoms with Gasteiger partial charge in [0, 0.05) is 5.57 Å². The SMILES string of the molecule is C=C(C)C(=O)OCCOCCOCCOc1ccc2cc(Oc3ccccc3)ccc2c1. The number of ether oxygens (including phenoxy) is 5. The summed E-state index contributed by atoms with van der Waals surface area (Å²) in [6, 6.07) is 21.6. The van der Waals surface area contributed by atoms with Crippen LogP contribution in [0.5, 0.6) is 17.2 Å². The minimum absolute atomic E-state index is 0.205. The van der Waals surface area contributed by atoms with Crippen molar-refractivity contribution in [3.63, 3.8) is 0 Å². The molecule has 32 heavy (non-hydrogen) atoms. The van der Waals surface area contributed by atoms with E-state index in [1.807, 2.05) is 66.7 Å². The summed E-state index contributed by atoms with van der Waals surface area (Å²) in [5.74, 6) is 1.98. The molecule has 0 N–H and O–H groups in total. The van der Waals surface area contributed by atoms with Crippen LogP contribution in [0.1, 0.15) is 6.92 Å². The molecule has 0 heterocycles. The molecule has 3 rings (SSSR count). The van der Waals surface area contributed by atoms with Crippen LogP contribution in [0.15, 0.2) is 78.9 Å². The number of esters is 1. The largest absolute Gasteiger partial charge is 0.491 e. The lowest BCUT2D eigenvalue weighted by atomic mass is 10.1. The van der Waals surface area contributed by atoms with Gasteiger partial charge in [-0.15, -0.1) is 0 Å². The van der Waals surface area contributed by atoms with Crippen molar-refractivity contribution < 1.29 is 28.5 Å². The van der Waals surface area contributed by atoms with Gasteiger partial charge in [-0.05, 0) is 54.1 Å². The highest BCUT2D eigenvalue weighted by Crippen LogP contribution is 2.27. The Balaban J connectivity index is 1.32. The Kier molecular flexibility index (Phi) is 9.10. The Labute approximate surface area is 188 Å². The maximum absolute atomic E-state index is 11.2. The minimum Gasteiger partial charge on any atom is -0.491 e. The van der Waals surface area contributed by atoms with Crippen molar-refractivity contribution >= 4 is 16.7 Å². The third-order valence-electron chi connectivity index (χ3n) is 4.44. The van der Waals surface area contributed by atoms with Crippen LogP contribution in [-0.4, -0.2) is 45.6 Å². The summed E-state index contributed by atoms with van der Waals surface area (Å²) >= 11 is 0. The monoisotopic (exact) mass is 436 g/mol. The number of para-hydroxylation sites is 1. The first kappa shape index (κ1) is 23.3. The Morgan fingerprint density at radius 1 is 0.719 bits per heavy atom. The van der Waals surface area contributed by atoms with Crippen molar-refractivity contribution in [1.82, 2.24) is 0 Å². The van der Waals surface area contributed by atoms with E-state index < -0.39 is 5.97 Å². The van der Waals surface area contributed by atoms with Crippen LogP contribution in [0.4, 0.5) is 0 Å². The summed E-state index contributed by atoms with van der Waals surface area (Å²) in [5.41, 5.74) is 0.376. The van der Waals surface area contributed by atoms with Gasteiger partial charge in [-0.3, -0.25) is 0 Å². The van der Waals surface area contributed by atoms with Crippen molar-refractivity contribution in [2.75, 3.05) is 39.6 Å². The molecule has 0 aromatic heterocycles. The third kappa shape index (κ3) is 7.72. The van der Waals surface area contributed by atoms with Gasteiger partial charge in [0.05, 0.1) is 26.4 Å². The molecule has 6 nitrogen and oxygen atoms in total. The van der Waals surface area contributed by atoms with E-state index in [-0.39, 0.29) is 6.61 Å². The van der Waals surface area contributed by atoms with Crippen LogP contribution in [0.25, 0.3) is 10.8 Å². The van der Waals surface area contributed by atoms with Gasteiger partial charge in [-0.1, -0.05) is 36.9 Å². The Morgan fingerprint density at radius 3 is 2.00 bits per heavy atom. The van der Waals surface area contributed by atoms with Gasteiger partial charge < -0.3 is 23.7 Å². The van der Waals surface area contributed by atoms with Crippen LogP contribution in [0.3, 0.4) is 0 Å². The van der Waals surface area contributed by atoms with E-state index in [4.69, 9.17) is 23.7 Å². The lowest BCUT2D eigenvalue weighted by Crippen LogP contribution is -2.14. The molecule has 6 heteroatoms. The van der Waals surface area contributed by atoms with Gasteiger partial charge in [0.2, 0.25) is 0 Å². The van der Waals surface area contributed by atoms with Crippen molar-refractivity contribution in [2.45, 2.75) is 6.92 Å². The normalized spacial score (nSPS) is 10.7. The third-order valence-corrected chi connectivity index (χ3v) is 4.44. The number of fused-ring (bicyclic) bond motifs is 1. The molecule has 0 bridgehead atoms. The standard InChI is InChI=1S/C26H28O6/c1-20(2)26(27)31-17-15-29-13-12-28-14-16-30-24-10-8-22-19-25(11-9-21(22)18-24)32-23-6-4-3-5-7-23/h3-11,18-19H,1,12-17H2,2H3. The summed E-state index contributed by atoms with van der Waals surface area (Å²) in [6.07, 6.45) is 0. The van der Waals surface area contributed by atoms with Crippen molar-refractivity contribution in [2.24, 2.45) is 0 Å². The van der Waals surface area contributed by atoms with Crippen LogP contribution in [0, 0.1) is 0 Å². The number of hydrogen-bond acceptors (Lipinski definition) is 6. The molecule has 0 saturated carbocycles. The number of carbonyl (C=O) groups is 1. The predicted octanol–water partition coefficient (Wildman–Crippen LogP) is 5.16. The van der Waals surface area contributed by atoms with E-state index in [9.17, 15) is 4.79 Å². The first-order valence-corrected chi connectivity index (χ1v) is 10.5. The molecule has 0 aliphatic heterocycles. The zero-order valence-corrected chi connectivity index (χ0v) is 18.3. The van der Waals surface area contributed by atoms with E-state index in [1.54, 1.807) is 6.92 Å². The van der Waals surface area contributed by atoms with Gasteiger partial charge in [-0.2, -0.15) is 0 Å². The molecule has 0 amide bonds. The molecule has 0 spiro atoms. The van der Waals surface area contributed by atoms with E-state index >= 15 is 0 Å². The smallest absolute Gasteiger partial charge is 0.333 e. The average Bonchev–Trinajstić information content (AvgIpc) is 2.80. The number of hydrogen-bond donors (Lipinski definition) is 0. The average molecular weight is 437 g/mol. The summed E-state index contributed by atoms with van der Waals surface area (Å²) in [4.78, 5) is 11.2. The highest BCUT2D eigenvalue weighted by Gasteiger charge is 2.03. The molecule has 0 unspecified atom stereocenters. The van der Waals surface area contributed by atoms with Crippen LogP contribution < -0.4 is 9.47 Å². The molecule has 0 fully saturated rings. The molecule has 0 aliphatic rings. The van der Waals surface area contributed by atoms with E-state index in [1.165, 1.54) is 0 Å². The Hall–Kier alpha value is -3.35. The molecule has 3 aromatic carbocycles. The Bertz CT molecular complexity index is 1020. The fourth-order valence-electron chi connectivity index (χ4n) is 2.84. The second-order valence-electron chi connectivity index (χ2n) is 7.08. The summed E-state index contributed by atoms with van der Waals surface area (Å²) in [5, 5.41) is 2.15. The van der Waals surface area contributed by atoms with Crippen LogP contribution in [0.2, 0.25) is 0 Å². The lowest BCUT2D eigenvalue weighted by molar-refractivity contribution is -0.140. The molecular formula is C26H28O6. The highest BCUT2D eigenvalue weighted by molar-refractivity contribution is 5.87. The molecule has 0 atom stereocenters. The van der Waals surface area contributed by atoms with Crippen molar-refractivity contribution in [3.8, 4) is 17.2 Å². The first-order valence-electron chi connectivity index (χ1n) is 10.5. The van der Waals surface area contributed by atoms with Gasteiger partial charge in [-0.25, -0.2) is 4.79 Å². The van der Waals surface area contributed by atoms with E-state index in [2.05, 4.69) is 6.58 Å². The molecule has 168 valence electrons. The quantitative estimate of drug-likeness (QED) is 0.209. The van der Waals surface area contributed by atoms with Crippen molar-refractivity contribution in [3.05, 3.63) is 78.9 Å². The Morgan fingerprint density at radius 2 is 1.31 bits per heavy atom. The minimum atomic E-state index is -0.406. The summed E-state index contributed by atoms with van der Waals surface area (Å²) in [6.45, 7) is 7.42. The molecular weight excluding hydrogens is 408 g/mol.